The molecule has 1 aliphatic heterocycles. The Bertz CT molecular complexity index is 411. The van der Waals surface area contributed by atoms with Gasteiger partial charge in [-0.15, -0.1) is 0 Å². The molecule has 1 saturated heterocycles. The van der Waals surface area contributed by atoms with Crippen LogP contribution in [0.1, 0.15) is 56.2 Å². The van der Waals surface area contributed by atoms with Crippen LogP contribution in [0.2, 0.25) is 0 Å². The van der Waals surface area contributed by atoms with Gasteiger partial charge in [-0.1, -0.05) is 27.2 Å². The monoisotopic (exact) mass is 249 g/mol. The van der Waals surface area contributed by atoms with Crippen LogP contribution in [0.5, 0.6) is 0 Å². The lowest BCUT2D eigenvalue weighted by atomic mass is 10.0. The molecule has 2 rings (SSSR count). The summed E-state index contributed by atoms with van der Waals surface area (Å²) in [6.45, 7) is 7.36. The van der Waals surface area contributed by atoms with Crippen molar-refractivity contribution in [3.63, 3.8) is 0 Å². The minimum Gasteiger partial charge on any atom is -0.334 e. The largest absolute Gasteiger partial charge is 0.334 e. The van der Waals surface area contributed by atoms with E-state index < -0.39 is 0 Å². The molecule has 4 heteroatoms. The molecule has 1 aromatic rings. The van der Waals surface area contributed by atoms with Crippen LogP contribution in [0.4, 0.5) is 0 Å². The van der Waals surface area contributed by atoms with Crippen LogP contribution < -0.4 is 0 Å². The molecule has 0 aromatic carbocycles. The van der Waals surface area contributed by atoms with Crippen molar-refractivity contribution < 1.29 is 4.79 Å². The highest BCUT2D eigenvalue weighted by atomic mass is 16.2. The van der Waals surface area contributed by atoms with E-state index in [-0.39, 0.29) is 5.91 Å². The standard InChI is InChI=1S/C14H23N3O/c1-4-6-11-9-12(16-15-11)14(18)17-8-5-7-13(17)10(2)3/h9-10,13H,4-8H2,1-3H3,(H,15,16). The highest BCUT2D eigenvalue weighted by molar-refractivity contribution is 5.92. The molecular weight excluding hydrogens is 226 g/mol. The van der Waals surface area contributed by atoms with E-state index in [1.165, 1.54) is 0 Å². The summed E-state index contributed by atoms with van der Waals surface area (Å²) < 4.78 is 0. The number of amides is 1. The Balaban J connectivity index is 2.10. The lowest BCUT2D eigenvalue weighted by molar-refractivity contribution is 0.0695. The molecule has 1 aromatic heterocycles. The number of likely N-dealkylation sites (tertiary alicyclic amines) is 1. The highest BCUT2D eigenvalue weighted by Crippen LogP contribution is 2.25. The van der Waals surface area contributed by atoms with Crippen LogP contribution in [0.15, 0.2) is 6.07 Å². The van der Waals surface area contributed by atoms with Crippen molar-refractivity contribution in [2.24, 2.45) is 5.92 Å². The van der Waals surface area contributed by atoms with E-state index in [1.807, 2.05) is 11.0 Å². The van der Waals surface area contributed by atoms with Gasteiger partial charge in [0.15, 0.2) is 0 Å². The van der Waals surface area contributed by atoms with Crippen LogP contribution >= 0.6 is 0 Å². The predicted octanol–water partition coefficient (Wildman–Crippen LogP) is 2.62. The Morgan fingerprint density at radius 1 is 1.61 bits per heavy atom. The zero-order chi connectivity index (χ0) is 13.1. The minimum atomic E-state index is 0.0878. The molecule has 18 heavy (non-hydrogen) atoms. The van der Waals surface area contributed by atoms with Gasteiger partial charge >= 0.3 is 0 Å². The van der Waals surface area contributed by atoms with Crippen molar-refractivity contribution in [2.75, 3.05) is 6.54 Å². The van der Waals surface area contributed by atoms with Crippen molar-refractivity contribution in [3.8, 4) is 0 Å². The summed E-state index contributed by atoms with van der Waals surface area (Å²) in [6, 6.07) is 2.28. The summed E-state index contributed by atoms with van der Waals surface area (Å²) >= 11 is 0. The Morgan fingerprint density at radius 3 is 3.06 bits per heavy atom. The van der Waals surface area contributed by atoms with Crippen LogP contribution in [-0.2, 0) is 6.42 Å². The Hall–Kier alpha value is -1.32. The van der Waals surface area contributed by atoms with E-state index in [4.69, 9.17) is 0 Å². The molecule has 1 unspecified atom stereocenters. The zero-order valence-electron chi connectivity index (χ0n) is 11.6. The molecule has 0 bridgehead atoms. The van der Waals surface area contributed by atoms with Crippen LogP contribution in [0.25, 0.3) is 0 Å². The van der Waals surface area contributed by atoms with Gasteiger partial charge in [-0.3, -0.25) is 9.89 Å². The van der Waals surface area contributed by atoms with Crippen molar-refractivity contribution in [1.82, 2.24) is 15.1 Å². The molecule has 0 saturated carbocycles. The summed E-state index contributed by atoms with van der Waals surface area (Å²) in [5, 5.41) is 7.11. The highest BCUT2D eigenvalue weighted by Gasteiger charge is 2.32. The lowest BCUT2D eigenvalue weighted by Crippen LogP contribution is -2.38. The predicted molar refractivity (Wildman–Crippen MR) is 71.5 cm³/mol. The van der Waals surface area contributed by atoms with Gasteiger partial charge in [0.05, 0.1) is 0 Å². The second kappa shape index (κ2) is 5.55. The first-order valence-corrected chi connectivity index (χ1v) is 6.98. The van der Waals surface area contributed by atoms with E-state index in [0.29, 0.717) is 17.7 Å². The molecular formula is C14H23N3O. The maximum absolute atomic E-state index is 12.4. The number of hydrogen-bond acceptors (Lipinski definition) is 2. The van der Waals surface area contributed by atoms with E-state index >= 15 is 0 Å². The summed E-state index contributed by atoms with van der Waals surface area (Å²) in [5.74, 6) is 0.607. The van der Waals surface area contributed by atoms with Gasteiger partial charge < -0.3 is 4.90 Å². The Kier molecular flexibility index (Phi) is 4.04. The quantitative estimate of drug-likeness (QED) is 0.891. The molecule has 4 nitrogen and oxygen atoms in total. The summed E-state index contributed by atoms with van der Waals surface area (Å²) in [5.41, 5.74) is 1.63. The van der Waals surface area contributed by atoms with Crippen molar-refractivity contribution in [2.45, 2.75) is 52.5 Å². The van der Waals surface area contributed by atoms with Gasteiger partial charge in [0.25, 0.3) is 5.91 Å². The number of rotatable bonds is 4. The fourth-order valence-corrected chi connectivity index (χ4v) is 2.75. The van der Waals surface area contributed by atoms with Crippen LogP contribution in [0.3, 0.4) is 0 Å². The van der Waals surface area contributed by atoms with E-state index in [2.05, 4.69) is 31.0 Å². The molecule has 1 amide bonds. The summed E-state index contributed by atoms with van der Waals surface area (Å²) in [4.78, 5) is 14.4. The molecule has 2 heterocycles. The van der Waals surface area contributed by atoms with Gasteiger partial charge in [0, 0.05) is 18.3 Å². The maximum Gasteiger partial charge on any atom is 0.274 e. The molecule has 0 aliphatic carbocycles. The maximum atomic E-state index is 12.4. The smallest absolute Gasteiger partial charge is 0.274 e. The van der Waals surface area contributed by atoms with Crippen LogP contribution in [-0.4, -0.2) is 33.6 Å². The summed E-state index contributed by atoms with van der Waals surface area (Å²) in [7, 11) is 0. The third kappa shape index (κ3) is 2.57. The van der Waals surface area contributed by atoms with Gasteiger partial charge in [0.1, 0.15) is 5.69 Å². The van der Waals surface area contributed by atoms with E-state index in [0.717, 1.165) is 37.9 Å². The molecule has 1 atom stereocenters. The molecule has 1 fully saturated rings. The fourth-order valence-electron chi connectivity index (χ4n) is 2.75. The number of carbonyl (C=O) groups excluding carboxylic acids is 1. The second-order valence-electron chi connectivity index (χ2n) is 5.48. The minimum absolute atomic E-state index is 0.0878. The first-order chi connectivity index (χ1) is 8.63. The first-order valence-electron chi connectivity index (χ1n) is 6.98. The number of carbonyl (C=O) groups is 1. The van der Waals surface area contributed by atoms with Gasteiger partial charge in [-0.05, 0) is 31.2 Å². The Morgan fingerprint density at radius 2 is 2.39 bits per heavy atom. The number of nitrogens with one attached hydrogen (secondary N) is 1. The molecule has 0 spiro atoms. The average Bonchev–Trinajstić information content (AvgIpc) is 2.96. The van der Waals surface area contributed by atoms with Crippen molar-refractivity contribution in [1.29, 1.82) is 0 Å². The lowest BCUT2D eigenvalue weighted by Gasteiger charge is -2.26. The molecule has 100 valence electrons. The Labute approximate surface area is 109 Å². The number of aryl methyl sites for hydroxylation is 1. The fraction of sp³-hybridized carbons (Fsp3) is 0.714. The zero-order valence-corrected chi connectivity index (χ0v) is 11.6. The van der Waals surface area contributed by atoms with Gasteiger partial charge in [-0.25, -0.2) is 0 Å². The van der Waals surface area contributed by atoms with Crippen LogP contribution in [0, 0.1) is 5.92 Å². The van der Waals surface area contributed by atoms with Crippen molar-refractivity contribution >= 4 is 5.91 Å². The number of nitrogens with zero attached hydrogens (tertiary/aromatic N) is 2. The topological polar surface area (TPSA) is 49.0 Å². The SMILES string of the molecule is CCCc1cc(C(=O)N2CCCC2C(C)C)n[nH]1. The number of aromatic nitrogens is 2. The van der Waals surface area contributed by atoms with Gasteiger partial charge in [-0.2, -0.15) is 5.10 Å². The third-order valence-corrected chi connectivity index (χ3v) is 3.70. The molecule has 1 aliphatic rings. The average molecular weight is 249 g/mol. The first kappa shape index (κ1) is 13.1. The molecule has 0 radical (unpaired) electrons. The van der Waals surface area contributed by atoms with Gasteiger partial charge in [0.2, 0.25) is 0 Å². The molecule has 1 N–H and O–H groups in total. The summed E-state index contributed by atoms with van der Waals surface area (Å²) in [6.07, 6.45) is 4.25. The van der Waals surface area contributed by atoms with E-state index in [9.17, 15) is 4.79 Å². The normalized spacial score (nSPS) is 19.8. The second-order valence-corrected chi connectivity index (χ2v) is 5.48. The number of H-pyrrole nitrogens is 1. The van der Waals surface area contributed by atoms with Crippen molar-refractivity contribution in [3.05, 3.63) is 17.5 Å². The van der Waals surface area contributed by atoms with E-state index in [1.54, 1.807) is 0 Å². The number of hydrogen-bond donors (Lipinski definition) is 1. The number of aromatic amines is 1. The third-order valence-electron chi connectivity index (χ3n) is 3.70.